The van der Waals surface area contributed by atoms with Crippen molar-refractivity contribution in [3.63, 3.8) is 0 Å². The zero-order valence-electron chi connectivity index (χ0n) is 15.0. The Bertz CT molecular complexity index is 779. The van der Waals surface area contributed by atoms with E-state index in [9.17, 15) is 14.4 Å². The van der Waals surface area contributed by atoms with Crippen molar-refractivity contribution in [2.45, 2.75) is 25.3 Å². The number of carbonyl (C=O) groups excluding carboxylic acids is 3. The first-order valence-electron chi connectivity index (χ1n) is 8.21. The third-order valence-corrected chi connectivity index (χ3v) is 4.65. The number of nitrogens with zero attached hydrogens (tertiary/aromatic N) is 1. The van der Waals surface area contributed by atoms with Crippen LogP contribution in [0.2, 0.25) is 0 Å². The van der Waals surface area contributed by atoms with Gasteiger partial charge in [-0.05, 0) is 56.8 Å². The molecule has 3 N–H and O–H groups in total. The van der Waals surface area contributed by atoms with Crippen molar-refractivity contribution in [1.29, 1.82) is 0 Å². The fourth-order valence-electron chi connectivity index (χ4n) is 2.36. The van der Waals surface area contributed by atoms with Crippen LogP contribution in [0.25, 0.3) is 0 Å². The smallest absolute Gasteiger partial charge is 0.338 e. The molecule has 1 aromatic heterocycles. The van der Waals surface area contributed by atoms with Gasteiger partial charge in [0.15, 0.2) is 0 Å². The SMILES string of the molecule is CNC(C)(CCc1ccco1)C(=O)N(C=O)NC(=O)Nc1ccc(Br)cc1. The monoisotopic (exact) mass is 436 g/mol. The molecular formula is C18H21BrN4O4. The minimum atomic E-state index is -1.07. The van der Waals surface area contributed by atoms with E-state index in [0.717, 1.165) is 10.2 Å². The van der Waals surface area contributed by atoms with Gasteiger partial charge in [0.2, 0.25) is 6.41 Å². The van der Waals surface area contributed by atoms with Gasteiger partial charge in [0, 0.05) is 16.6 Å². The van der Waals surface area contributed by atoms with E-state index in [0.29, 0.717) is 23.5 Å². The molecule has 2 aromatic rings. The molecule has 1 heterocycles. The average Bonchev–Trinajstić information content (AvgIpc) is 3.19. The number of anilines is 1. The molecule has 0 fully saturated rings. The first-order chi connectivity index (χ1) is 12.9. The Balaban J connectivity index is 2.00. The maximum absolute atomic E-state index is 12.8. The van der Waals surface area contributed by atoms with Crippen LogP contribution in [0.3, 0.4) is 0 Å². The Hall–Kier alpha value is -2.65. The molecule has 1 unspecified atom stereocenters. The fraction of sp³-hybridized carbons (Fsp3) is 0.278. The summed E-state index contributed by atoms with van der Waals surface area (Å²) < 4.78 is 6.13. The Morgan fingerprint density at radius 1 is 1.26 bits per heavy atom. The Morgan fingerprint density at radius 2 is 1.96 bits per heavy atom. The molecule has 0 aliphatic carbocycles. The fourth-order valence-corrected chi connectivity index (χ4v) is 2.62. The summed E-state index contributed by atoms with van der Waals surface area (Å²) in [6.07, 6.45) is 2.69. The quantitative estimate of drug-likeness (QED) is 0.457. The van der Waals surface area contributed by atoms with Crippen LogP contribution in [0.15, 0.2) is 51.6 Å². The number of halogens is 1. The number of likely N-dealkylation sites (N-methyl/N-ethyl adjacent to an activating group) is 1. The second kappa shape index (κ2) is 9.33. The third kappa shape index (κ3) is 5.66. The van der Waals surface area contributed by atoms with Gasteiger partial charge in [-0.15, -0.1) is 0 Å². The zero-order valence-corrected chi connectivity index (χ0v) is 16.6. The van der Waals surface area contributed by atoms with Crippen LogP contribution in [0.4, 0.5) is 10.5 Å². The summed E-state index contributed by atoms with van der Waals surface area (Å²) in [5.41, 5.74) is 1.70. The largest absolute Gasteiger partial charge is 0.469 e. The highest BCUT2D eigenvalue weighted by Gasteiger charge is 2.36. The normalized spacial score (nSPS) is 12.7. The van der Waals surface area contributed by atoms with Crippen LogP contribution in [0, 0.1) is 0 Å². The van der Waals surface area contributed by atoms with E-state index in [1.54, 1.807) is 50.6 Å². The lowest BCUT2D eigenvalue weighted by Crippen LogP contribution is -2.59. The number of benzene rings is 1. The van der Waals surface area contributed by atoms with Crippen molar-refractivity contribution in [1.82, 2.24) is 15.8 Å². The molecule has 1 aromatic carbocycles. The van der Waals surface area contributed by atoms with E-state index >= 15 is 0 Å². The minimum absolute atomic E-state index is 0.270. The van der Waals surface area contributed by atoms with Crippen molar-refractivity contribution in [2.24, 2.45) is 0 Å². The number of imide groups is 1. The standard InChI is InChI=1S/C18H21BrN4O4/c1-18(20-2,10-9-15-4-3-11-27-15)16(25)23(12-24)22-17(26)21-14-7-5-13(19)6-8-14/h3-8,11-12,20H,9-10H2,1-2H3,(H2,21,22,26). The van der Waals surface area contributed by atoms with Crippen LogP contribution in [-0.4, -0.2) is 35.9 Å². The maximum atomic E-state index is 12.8. The number of furan rings is 1. The molecule has 0 saturated heterocycles. The van der Waals surface area contributed by atoms with Crippen LogP contribution < -0.4 is 16.1 Å². The van der Waals surface area contributed by atoms with Crippen molar-refractivity contribution >= 4 is 40.0 Å². The van der Waals surface area contributed by atoms with Crippen molar-refractivity contribution < 1.29 is 18.8 Å². The van der Waals surface area contributed by atoms with E-state index in [4.69, 9.17) is 4.42 Å². The summed E-state index contributed by atoms with van der Waals surface area (Å²) in [5, 5.41) is 6.10. The number of hydrogen-bond donors (Lipinski definition) is 3. The lowest BCUT2D eigenvalue weighted by molar-refractivity contribution is -0.145. The predicted octanol–water partition coefficient (Wildman–Crippen LogP) is 2.67. The second-order valence-corrected chi connectivity index (χ2v) is 6.93. The molecule has 144 valence electrons. The number of urea groups is 1. The molecule has 27 heavy (non-hydrogen) atoms. The number of amides is 4. The Morgan fingerprint density at radius 3 is 2.52 bits per heavy atom. The molecule has 2 rings (SSSR count). The van der Waals surface area contributed by atoms with Crippen LogP contribution in [0.1, 0.15) is 19.1 Å². The van der Waals surface area contributed by atoms with Gasteiger partial charge in [0.25, 0.3) is 5.91 Å². The van der Waals surface area contributed by atoms with E-state index in [2.05, 4.69) is 32.0 Å². The van der Waals surface area contributed by atoms with Gasteiger partial charge in [-0.2, -0.15) is 5.01 Å². The Labute approximate surface area is 165 Å². The van der Waals surface area contributed by atoms with E-state index in [-0.39, 0.29) is 6.41 Å². The number of hydrogen-bond acceptors (Lipinski definition) is 5. The second-order valence-electron chi connectivity index (χ2n) is 6.01. The zero-order chi connectivity index (χ0) is 19.9. The van der Waals surface area contributed by atoms with Gasteiger partial charge < -0.3 is 15.1 Å². The summed E-state index contributed by atoms with van der Waals surface area (Å²) in [4.78, 5) is 36.3. The molecular weight excluding hydrogens is 416 g/mol. The number of carbonyl (C=O) groups is 3. The maximum Gasteiger partial charge on any atom is 0.338 e. The van der Waals surface area contributed by atoms with Crippen LogP contribution in [-0.2, 0) is 16.0 Å². The molecule has 0 spiro atoms. The van der Waals surface area contributed by atoms with Crippen molar-refractivity contribution in [3.8, 4) is 0 Å². The predicted molar refractivity (Wildman–Crippen MR) is 104 cm³/mol. The summed E-state index contributed by atoms with van der Waals surface area (Å²) in [5.74, 6) is 0.139. The lowest BCUT2D eigenvalue weighted by atomic mass is 9.94. The van der Waals surface area contributed by atoms with Gasteiger partial charge in [-0.1, -0.05) is 15.9 Å². The van der Waals surface area contributed by atoms with Gasteiger partial charge in [0.05, 0.1) is 11.8 Å². The minimum Gasteiger partial charge on any atom is -0.469 e. The molecule has 1 atom stereocenters. The van der Waals surface area contributed by atoms with Gasteiger partial charge in [-0.25, -0.2) is 10.2 Å². The summed E-state index contributed by atoms with van der Waals surface area (Å²) in [7, 11) is 1.62. The van der Waals surface area contributed by atoms with Gasteiger partial charge in [-0.3, -0.25) is 9.59 Å². The molecule has 4 amide bonds. The number of aryl methyl sites for hydroxylation is 1. The molecule has 9 heteroatoms. The first kappa shape index (κ1) is 20.7. The first-order valence-corrected chi connectivity index (χ1v) is 9.00. The van der Waals surface area contributed by atoms with E-state index in [1.165, 1.54) is 0 Å². The summed E-state index contributed by atoms with van der Waals surface area (Å²) in [6, 6.07) is 9.73. The number of nitrogens with one attached hydrogen (secondary N) is 3. The van der Waals surface area contributed by atoms with Crippen LogP contribution in [0.5, 0.6) is 0 Å². The molecule has 0 saturated carbocycles. The summed E-state index contributed by atoms with van der Waals surface area (Å²) in [6.45, 7) is 1.66. The third-order valence-electron chi connectivity index (χ3n) is 4.12. The van der Waals surface area contributed by atoms with E-state index < -0.39 is 17.5 Å². The van der Waals surface area contributed by atoms with Gasteiger partial charge >= 0.3 is 6.03 Å². The molecule has 0 aliphatic heterocycles. The molecule has 8 nitrogen and oxygen atoms in total. The molecule has 0 bridgehead atoms. The van der Waals surface area contributed by atoms with Crippen molar-refractivity contribution in [2.75, 3.05) is 12.4 Å². The van der Waals surface area contributed by atoms with Crippen molar-refractivity contribution in [3.05, 3.63) is 52.9 Å². The lowest BCUT2D eigenvalue weighted by Gasteiger charge is -2.31. The highest BCUT2D eigenvalue weighted by molar-refractivity contribution is 9.10. The highest BCUT2D eigenvalue weighted by Crippen LogP contribution is 2.17. The Kier molecular flexibility index (Phi) is 7.14. The highest BCUT2D eigenvalue weighted by atomic mass is 79.9. The number of rotatable bonds is 7. The van der Waals surface area contributed by atoms with E-state index in [1.807, 2.05) is 6.07 Å². The molecule has 0 radical (unpaired) electrons. The van der Waals surface area contributed by atoms with Gasteiger partial charge in [0.1, 0.15) is 5.76 Å². The number of hydrazine groups is 1. The average molecular weight is 437 g/mol. The molecule has 0 aliphatic rings. The summed E-state index contributed by atoms with van der Waals surface area (Å²) >= 11 is 3.30. The topological polar surface area (TPSA) is 104 Å². The van der Waals surface area contributed by atoms with Crippen LogP contribution >= 0.6 is 15.9 Å².